The van der Waals surface area contributed by atoms with Gasteiger partial charge in [0.15, 0.2) is 0 Å². The Morgan fingerprint density at radius 2 is 1.94 bits per heavy atom. The van der Waals surface area contributed by atoms with E-state index in [1.165, 1.54) is 5.56 Å². The van der Waals surface area contributed by atoms with Gasteiger partial charge in [-0.05, 0) is 36.8 Å². The molecule has 2 bridgehead atoms. The lowest BCUT2D eigenvalue weighted by molar-refractivity contribution is 0.0697. The standard InChI is InChI=1S/C8H8O2.C7H6O/c1-6-3-2-4-7(5-6)8(9)10;1-2-6-4-7(3-1)8-5-6/h2-5H,1H3,(H,9,10);1-4H,5H2. The second-order valence-corrected chi connectivity index (χ2v) is 4.11. The van der Waals surface area contributed by atoms with Gasteiger partial charge in [0.05, 0.1) is 5.56 Å². The van der Waals surface area contributed by atoms with E-state index < -0.39 is 5.97 Å². The molecular formula is C15H14O3. The number of benzene rings is 2. The molecule has 0 radical (unpaired) electrons. The Morgan fingerprint density at radius 1 is 1.17 bits per heavy atom. The third-order valence-electron chi connectivity index (χ3n) is 2.57. The Bertz CT molecular complexity index is 542. The zero-order valence-electron chi connectivity index (χ0n) is 10.1. The van der Waals surface area contributed by atoms with Crippen molar-refractivity contribution in [1.82, 2.24) is 0 Å². The number of rotatable bonds is 1. The van der Waals surface area contributed by atoms with Gasteiger partial charge < -0.3 is 9.84 Å². The van der Waals surface area contributed by atoms with E-state index in [0.717, 1.165) is 17.9 Å². The highest BCUT2D eigenvalue weighted by atomic mass is 16.5. The summed E-state index contributed by atoms with van der Waals surface area (Å²) in [6, 6.07) is 14.9. The number of aromatic carboxylic acids is 1. The summed E-state index contributed by atoms with van der Waals surface area (Å²) in [6.45, 7) is 2.63. The molecule has 1 heterocycles. The molecule has 0 atom stereocenters. The highest BCUT2D eigenvalue weighted by molar-refractivity contribution is 5.87. The molecule has 0 aliphatic carbocycles. The number of fused-ring (bicyclic) bond motifs is 2. The van der Waals surface area contributed by atoms with E-state index in [0.29, 0.717) is 5.56 Å². The van der Waals surface area contributed by atoms with Crippen molar-refractivity contribution < 1.29 is 14.6 Å². The molecule has 0 amide bonds. The fraction of sp³-hybridized carbons (Fsp3) is 0.133. The predicted octanol–water partition coefficient (Wildman–Crippen LogP) is 3.27. The Morgan fingerprint density at radius 3 is 2.50 bits per heavy atom. The minimum atomic E-state index is -0.872. The number of hydrogen-bond donors (Lipinski definition) is 1. The fourth-order valence-electron chi connectivity index (χ4n) is 1.67. The highest BCUT2D eigenvalue weighted by Gasteiger charge is 2.03. The molecule has 0 spiro atoms. The van der Waals surface area contributed by atoms with Crippen molar-refractivity contribution >= 4 is 5.97 Å². The topological polar surface area (TPSA) is 46.5 Å². The van der Waals surface area contributed by atoms with E-state index in [9.17, 15) is 4.79 Å². The van der Waals surface area contributed by atoms with Crippen LogP contribution in [0.2, 0.25) is 0 Å². The van der Waals surface area contributed by atoms with Crippen molar-refractivity contribution in [3.05, 3.63) is 65.2 Å². The average Bonchev–Trinajstić information content (AvgIpc) is 2.69. The first-order valence-corrected chi connectivity index (χ1v) is 5.67. The monoisotopic (exact) mass is 242 g/mol. The SMILES string of the molecule is Cc1cccc(C(=O)O)c1.c1cc2cc(c1)OC2. The van der Waals surface area contributed by atoms with E-state index in [2.05, 4.69) is 12.1 Å². The molecule has 18 heavy (non-hydrogen) atoms. The van der Waals surface area contributed by atoms with Crippen LogP contribution < -0.4 is 4.74 Å². The van der Waals surface area contributed by atoms with Gasteiger partial charge >= 0.3 is 5.97 Å². The first-order chi connectivity index (χ1) is 8.65. The quantitative estimate of drug-likeness (QED) is 0.834. The maximum absolute atomic E-state index is 10.4. The Hall–Kier alpha value is -2.29. The minimum absolute atomic E-state index is 0.347. The molecule has 0 aromatic heterocycles. The van der Waals surface area contributed by atoms with Crippen LogP contribution >= 0.6 is 0 Å². The molecule has 0 unspecified atom stereocenters. The van der Waals surface area contributed by atoms with Gasteiger partial charge in [0.1, 0.15) is 12.4 Å². The van der Waals surface area contributed by atoms with E-state index >= 15 is 0 Å². The van der Waals surface area contributed by atoms with Gasteiger partial charge in [-0.2, -0.15) is 0 Å². The van der Waals surface area contributed by atoms with Crippen LogP contribution in [0.25, 0.3) is 0 Å². The zero-order valence-corrected chi connectivity index (χ0v) is 10.1. The van der Waals surface area contributed by atoms with E-state index in [1.54, 1.807) is 18.2 Å². The first kappa shape index (κ1) is 12.2. The highest BCUT2D eigenvalue weighted by Crippen LogP contribution is 2.20. The van der Waals surface area contributed by atoms with Gasteiger partial charge in [0.2, 0.25) is 0 Å². The Kier molecular flexibility index (Phi) is 3.63. The minimum Gasteiger partial charge on any atom is -0.489 e. The van der Waals surface area contributed by atoms with Gasteiger partial charge in [0, 0.05) is 0 Å². The fourth-order valence-corrected chi connectivity index (χ4v) is 1.67. The normalized spacial score (nSPS) is 11.2. The van der Waals surface area contributed by atoms with Crippen LogP contribution in [0.3, 0.4) is 0 Å². The van der Waals surface area contributed by atoms with Crippen LogP contribution in [0.1, 0.15) is 21.5 Å². The van der Waals surface area contributed by atoms with Gasteiger partial charge in [-0.15, -0.1) is 0 Å². The van der Waals surface area contributed by atoms with Crippen molar-refractivity contribution in [2.75, 3.05) is 0 Å². The van der Waals surface area contributed by atoms with Crippen molar-refractivity contribution in [2.45, 2.75) is 13.5 Å². The molecule has 3 nitrogen and oxygen atoms in total. The summed E-state index contributed by atoms with van der Waals surface area (Å²) < 4.78 is 5.18. The zero-order chi connectivity index (χ0) is 13.0. The number of carbonyl (C=O) groups is 1. The summed E-state index contributed by atoms with van der Waals surface area (Å²) in [4.78, 5) is 10.4. The predicted molar refractivity (Wildman–Crippen MR) is 68.9 cm³/mol. The second-order valence-electron chi connectivity index (χ2n) is 4.11. The van der Waals surface area contributed by atoms with Gasteiger partial charge in [-0.25, -0.2) is 4.79 Å². The van der Waals surface area contributed by atoms with Crippen molar-refractivity contribution in [2.24, 2.45) is 0 Å². The lowest BCUT2D eigenvalue weighted by atomic mass is 10.1. The summed E-state index contributed by atoms with van der Waals surface area (Å²) in [6.07, 6.45) is 0. The first-order valence-electron chi connectivity index (χ1n) is 5.67. The van der Waals surface area contributed by atoms with Crippen LogP contribution in [-0.4, -0.2) is 11.1 Å². The summed E-state index contributed by atoms with van der Waals surface area (Å²) in [7, 11) is 0. The molecule has 2 aromatic carbocycles. The molecule has 0 fully saturated rings. The molecule has 3 rings (SSSR count). The van der Waals surface area contributed by atoms with Crippen LogP contribution in [0.4, 0.5) is 0 Å². The number of carboxylic acid groups (broad SMARTS) is 1. The van der Waals surface area contributed by atoms with Crippen molar-refractivity contribution in [3.63, 3.8) is 0 Å². The van der Waals surface area contributed by atoms with E-state index in [4.69, 9.17) is 9.84 Å². The number of aryl methyl sites for hydroxylation is 1. The third kappa shape index (κ3) is 3.10. The Labute approximate surface area is 106 Å². The lowest BCUT2D eigenvalue weighted by Gasteiger charge is -1.93. The van der Waals surface area contributed by atoms with Crippen molar-refractivity contribution in [1.29, 1.82) is 0 Å². The molecule has 3 heteroatoms. The second kappa shape index (κ2) is 5.36. The van der Waals surface area contributed by atoms with E-state index in [-0.39, 0.29) is 0 Å². The summed E-state index contributed by atoms with van der Waals surface area (Å²) in [5.41, 5.74) is 2.60. The molecule has 0 saturated carbocycles. The lowest BCUT2D eigenvalue weighted by Crippen LogP contribution is -1.95. The molecule has 1 aliphatic rings. The summed E-state index contributed by atoms with van der Waals surface area (Å²) in [5.74, 6) is 0.131. The molecular weight excluding hydrogens is 228 g/mol. The molecule has 0 saturated heterocycles. The number of carboxylic acids is 1. The van der Waals surface area contributed by atoms with Crippen LogP contribution in [-0.2, 0) is 6.61 Å². The van der Waals surface area contributed by atoms with Gasteiger partial charge in [-0.3, -0.25) is 0 Å². The van der Waals surface area contributed by atoms with Crippen LogP contribution in [0.15, 0.2) is 48.5 Å². The summed E-state index contributed by atoms with van der Waals surface area (Å²) >= 11 is 0. The number of hydrogen-bond acceptors (Lipinski definition) is 2. The molecule has 2 aromatic rings. The van der Waals surface area contributed by atoms with Crippen molar-refractivity contribution in [3.8, 4) is 5.75 Å². The number of ether oxygens (including phenoxy) is 1. The third-order valence-corrected chi connectivity index (χ3v) is 2.57. The van der Waals surface area contributed by atoms with Gasteiger partial charge in [0.25, 0.3) is 0 Å². The van der Waals surface area contributed by atoms with E-state index in [1.807, 2.05) is 25.1 Å². The van der Waals surface area contributed by atoms with Gasteiger partial charge in [-0.1, -0.05) is 29.8 Å². The van der Waals surface area contributed by atoms with Crippen LogP contribution in [0.5, 0.6) is 5.75 Å². The Balaban J connectivity index is 0.000000136. The molecule has 1 N–H and O–H groups in total. The molecule has 1 aliphatic heterocycles. The smallest absolute Gasteiger partial charge is 0.335 e. The summed E-state index contributed by atoms with van der Waals surface area (Å²) in [5, 5.41) is 8.51. The largest absolute Gasteiger partial charge is 0.489 e. The maximum Gasteiger partial charge on any atom is 0.335 e. The maximum atomic E-state index is 10.4. The average molecular weight is 242 g/mol. The van der Waals surface area contributed by atoms with Crippen LogP contribution in [0, 0.1) is 6.92 Å². The molecule has 92 valence electrons.